The van der Waals surface area contributed by atoms with Crippen molar-refractivity contribution < 1.29 is 5.11 Å². The Morgan fingerprint density at radius 3 is 2.50 bits per heavy atom. The van der Waals surface area contributed by atoms with Crippen LogP contribution in [0, 0.1) is 0 Å². The van der Waals surface area contributed by atoms with E-state index in [-0.39, 0.29) is 0 Å². The topological polar surface area (TPSA) is 20.2 Å². The molecular formula is C16H17BrO. The minimum atomic E-state index is -0.981. The van der Waals surface area contributed by atoms with E-state index in [0.717, 1.165) is 22.0 Å². The first-order chi connectivity index (χ1) is 8.55. The van der Waals surface area contributed by atoms with E-state index in [0.29, 0.717) is 0 Å². The molecular weight excluding hydrogens is 288 g/mol. The van der Waals surface area contributed by atoms with Crippen molar-refractivity contribution in [2.45, 2.75) is 25.9 Å². The van der Waals surface area contributed by atoms with Crippen molar-refractivity contribution in [3.8, 4) is 0 Å². The summed E-state index contributed by atoms with van der Waals surface area (Å²) in [6.45, 7) is 3.95. The number of aryl methyl sites for hydroxylation is 1. The van der Waals surface area contributed by atoms with Gasteiger partial charge in [-0.25, -0.2) is 0 Å². The van der Waals surface area contributed by atoms with Crippen molar-refractivity contribution in [3.63, 3.8) is 0 Å². The lowest BCUT2D eigenvalue weighted by Gasteiger charge is -2.26. The molecule has 2 heteroatoms. The zero-order valence-electron chi connectivity index (χ0n) is 10.7. The molecule has 0 spiro atoms. The number of aliphatic hydroxyl groups is 1. The lowest BCUT2D eigenvalue weighted by atomic mass is 9.87. The molecule has 1 nitrogen and oxygen atoms in total. The van der Waals surface area contributed by atoms with Gasteiger partial charge in [-0.05, 0) is 30.5 Å². The van der Waals surface area contributed by atoms with Crippen LogP contribution in [0.25, 0.3) is 0 Å². The van der Waals surface area contributed by atoms with Gasteiger partial charge in [-0.1, -0.05) is 65.3 Å². The number of halogens is 1. The molecule has 0 aromatic heterocycles. The molecule has 18 heavy (non-hydrogen) atoms. The predicted molar refractivity (Wildman–Crippen MR) is 78.6 cm³/mol. The highest BCUT2D eigenvalue weighted by molar-refractivity contribution is 9.10. The van der Waals surface area contributed by atoms with Gasteiger partial charge in [-0.15, -0.1) is 0 Å². The Labute approximate surface area is 117 Å². The minimum Gasteiger partial charge on any atom is -0.381 e. The lowest BCUT2D eigenvalue weighted by Crippen LogP contribution is -2.23. The quantitative estimate of drug-likeness (QED) is 0.898. The Kier molecular flexibility index (Phi) is 3.88. The van der Waals surface area contributed by atoms with Crippen LogP contribution in [0.15, 0.2) is 53.0 Å². The molecule has 0 fully saturated rings. The summed E-state index contributed by atoms with van der Waals surface area (Å²) in [7, 11) is 0. The van der Waals surface area contributed by atoms with E-state index in [4.69, 9.17) is 0 Å². The SMILES string of the molecule is CCc1cccc(C(C)(O)c2ccccc2Br)c1. The lowest BCUT2D eigenvalue weighted by molar-refractivity contribution is 0.101. The molecule has 2 aromatic rings. The highest BCUT2D eigenvalue weighted by Crippen LogP contribution is 2.34. The van der Waals surface area contributed by atoms with E-state index in [1.54, 1.807) is 0 Å². The van der Waals surface area contributed by atoms with Crippen LogP contribution in [0.2, 0.25) is 0 Å². The molecule has 0 saturated heterocycles. The van der Waals surface area contributed by atoms with E-state index in [2.05, 4.69) is 35.0 Å². The van der Waals surface area contributed by atoms with Gasteiger partial charge in [0.15, 0.2) is 0 Å². The van der Waals surface area contributed by atoms with Crippen LogP contribution in [0.1, 0.15) is 30.5 Å². The van der Waals surface area contributed by atoms with Gasteiger partial charge in [0.1, 0.15) is 5.60 Å². The summed E-state index contributed by atoms with van der Waals surface area (Å²) < 4.78 is 0.928. The van der Waals surface area contributed by atoms with Gasteiger partial charge in [-0.2, -0.15) is 0 Å². The molecule has 0 bridgehead atoms. The standard InChI is InChI=1S/C16H17BrO/c1-3-12-7-6-8-13(11-12)16(2,18)14-9-4-5-10-15(14)17/h4-11,18H,3H2,1-2H3. The smallest absolute Gasteiger partial charge is 0.113 e. The van der Waals surface area contributed by atoms with Crippen molar-refractivity contribution in [2.24, 2.45) is 0 Å². The molecule has 0 aliphatic rings. The molecule has 2 aromatic carbocycles. The summed E-state index contributed by atoms with van der Waals surface area (Å²) in [5.74, 6) is 0. The second-order valence-electron chi connectivity index (χ2n) is 4.61. The van der Waals surface area contributed by atoms with Crippen LogP contribution in [0.4, 0.5) is 0 Å². The molecule has 0 aliphatic carbocycles. The van der Waals surface area contributed by atoms with E-state index < -0.39 is 5.60 Å². The third-order valence-corrected chi connectivity index (χ3v) is 3.99. The molecule has 0 aliphatic heterocycles. The van der Waals surface area contributed by atoms with Crippen LogP contribution < -0.4 is 0 Å². The molecule has 1 unspecified atom stereocenters. The summed E-state index contributed by atoms with van der Waals surface area (Å²) in [6, 6.07) is 15.9. The van der Waals surface area contributed by atoms with E-state index in [1.807, 2.05) is 43.3 Å². The second-order valence-corrected chi connectivity index (χ2v) is 5.46. The average Bonchev–Trinajstić information content (AvgIpc) is 2.39. The van der Waals surface area contributed by atoms with Crippen molar-refractivity contribution >= 4 is 15.9 Å². The Morgan fingerprint density at radius 1 is 1.11 bits per heavy atom. The summed E-state index contributed by atoms with van der Waals surface area (Å²) in [6.07, 6.45) is 0.972. The zero-order chi connectivity index (χ0) is 13.2. The molecule has 0 heterocycles. The fraction of sp³-hybridized carbons (Fsp3) is 0.250. The Balaban J connectivity index is 2.50. The summed E-state index contributed by atoms with van der Waals surface area (Å²) >= 11 is 3.50. The van der Waals surface area contributed by atoms with Crippen LogP contribution in [0.5, 0.6) is 0 Å². The zero-order valence-corrected chi connectivity index (χ0v) is 12.2. The Morgan fingerprint density at radius 2 is 1.83 bits per heavy atom. The molecule has 2 rings (SSSR count). The third-order valence-electron chi connectivity index (χ3n) is 3.30. The fourth-order valence-corrected chi connectivity index (χ4v) is 2.78. The number of benzene rings is 2. The van der Waals surface area contributed by atoms with Gasteiger partial charge in [0.05, 0.1) is 0 Å². The summed E-state index contributed by atoms with van der Waals surface area (Å²) in [5, 5.41) is 10.8. The van der Waals surface area contributed by atoms with Gasteiger partial charge < -0.3 is 5.11 Å². The first-order valence-electron chi connectivity index (χ1n) is 6.12. The van der Waals surface area contributed by atoms with Gasteiger partial charge in [0.2, 0.25) is 0 Å². The van der Waals surface area contributed by atoms with Crippen LogP contribution >= 0.6 is 15.9 Å². The maximum absolute atomic E-state index is 10.8. The second kappa shape index (κ2) is 5.25. The van der Waals surface area contributed by atoms with Gasteiger partial charge in [0.25, 0.3) is 0 Å². The highest BCUT2D eigenvalue weighted by Gasteiger charge is 2.27. The van der Waals surface area contributed by atoms with Crippen molar-refractivity contribution in [2.75, 3.05) is 0 Å². The van der Waals surface area contributed by atoms with Gasteiger partial charge >= 0.3 is 0 Å². The first kappa shape index (κ1) is 13.3. The van der Waals surface area contributed by atoms with Gasteiger partial charge in [-0.3, -0.25) is 0 Å². The predicted octanol–water partition coefficient (Wildman–Crippen LogP) is 4.27. The summed E-state index contributed by atoms with van der Waals surface area (Å²) in [5.41, 5.74) is 2.07. The highest BCUT2D eigenvalue weighted by atomic mass is 79.9. The van der Waals surface area contributed by atoms with E-state index >= 15 is 0 Å². The number of hydrogen-bond acceptors (Lipinski definition) is 1. The Bertz CT molecular complexity index is 546. The molecule has 94 valence electrons. The number of hydrogen-bond donors (Lipinski definition) is 1. The first-order valence-corrected chi connectivity index (χ1v) is 6.91. The maximum atomic E-state index is 10.8. The van der Waals surface area contributed by atoms with Crippen LogP contribution in [0.3, 0.4) is 0 Å². The summed E-state index contributed by atoms with van der Waals surface area (Å²) in [4.78, 5) is 0. The monoisotopic (exact) mass is 304 g/mol. The average molecular weight is 305 g/mol. The molecule has 0 amide bonds. The third kappa shape index (κ3) is 2.50. The van der Waals surface area contributed by atoms with E-state index in [9.17, 15) is 5.11 Å². The van der Waals surface area contributed by atoms with Crippen molar-refractivity contribution in [1.82, 2.24) is 0 Å². The normalized spacial score (nSPS) is 14.2. The van der Waals surface area contributed by atoms with E-state index in [1.165, 1.54) is 5.56 Å². The maximum Gasteiger partial charge on any atom is 0.113 e. The number of rotatable bonds is 3. The molecule has 0 radical (unpaired) electrons. The molecule has 0 saturated carbocycles. The fourth-order valence-electron chi connectivity index (χ4n) is 2.11. The van der Waals surface area contributed by atoms with Gasteiger partial charge in [0, 0.05) is 10.0 Å². The van der Waals surface area contributed by atoms with Crippen LogP contribution in [-0.2, 0) is 12.0 Å². The molecule has 1 N–H and O–H groups in total. The minimum absolute atomic E-state index is 0.887. The van der Waals surface area contributed by atoms with Crippen molar-refractivity contribution in [1.29, 1.82) is 0 Å². The Hall–Kier alpha value is -1.12. The van der Waals surface area contributed by atoms with Crippen molar-refractivity contribution in [3.05, 3.63) is 69.7 Å². The largest absolute Gasteiger partial charge is 0.381 e. The van der Waals surface area contributed by atoms with Crippen LogP contribution in [-0.4, -0.2) is 5.11 Å². The molecule has 1 atom stereocenters.